The van der Waals surface area contributed by atoms with Crippen molar-refractivity contribution in [1.82, 2.24) is 5.32 Å². The topological polar surface area (TPSA) is 55.4 Å². The summed E-state index contributed by atoms with van der Waals surface area (Å²) in [5.74, 6) is 1.28. The summed E-state index contributed by atoms with van der Waals surface area (Å²) in [6, 6.07) is 5.77. The largest absolute Gasteiger partial charge is 0.497 e. The Morgan fingerprint density at radius 1 is 1.47 bits per heavy atom. The first kappa shape index (κ1) is 14.8. The third kappa shape index (κ3) is 3.70. The summed E-state index contributed by atoms with van der Waals surface area (Å²) in [5, 5.41) is 3.36. The van der Waals surface area contributed by atoms with Crippen molar-refractivity contribution >= 4 is 25.8 Å². The van der Waals surface area contributed by atoms with Crippen molar-refractivity contribution in [1.29, 1.82) is 0 Å². The summed E-state index contributed by atoms with van der Waals surface area (Å²) in [7, 11) is -1.25. The molecule has 1 atom stereocenters. The summed E-state index contributed by atoms with van der Waals surface area (Å²) in [4.78, 5) is 0. The first-order chi connectivity index (χ1) is 8.84. The lowest BCUT2D eigenvalue weighted by molar-refractivity contribution is 0.392. The van der Waals surface area contributed by atoms with Gasteiger partial charge in [-0.2, -0.15) is 0 Å². The lowest BCUT2D eigenvalue weighted by atomic mass is 10.0. The Morgan fingerprint density at radius 3 is 2.79 bits per heavy atom. The van der Waals surface area contributed by atoms with E-state index < -0.39 is 9.84 Å². The molecule has 0 bridgehead atoms. The monoisotopic (exact) mass is 347 g/mol. The first-order valence-corrected chi connectivity index (χ1v) is 8.73. The van der Waals surface area contributed by atoms with Crippen molar-refractivity contribution in [3.05, 3.63) is 28.2 Å². The van der Waals surface area contributed by atoms with Gasteiger partial charge in [0.15, 0.2) is 9.84 Å². The second kappa shape index (κ2) is 5.42. The maximum atomic E-state index is 11.6. The van der Waals surface area contributed by atoms with E-state index in [0.29, 0.717) is 13.0 Å². The quantitative estimate of drug-likeness (QED) is 0.906. The minimum absolute atomic E-state index is 0.210. The lowest BCUT2D eigenvalue weighted by Gasteiger charge is -2.24. The number of halogens is 1. The average molecular weight is 348 g/mol. The van der Waals surface area contributed by atoms with Gasteiger partial charge >= 0.3 is 0 Å². The molecule has 1 fully saturated rings. The van der Waals surface area contributed by atoms with Crippen molar-refractivity contribution in [3.63, 3.8) is 0 Å². The molecule has 1 unspecified atom stereocenters. The molecule has 19 heavy (non-hydrogen) atoms. The molecule has 1 heterocycles. The third-order valence-corrected chi connectivity index (χ3v) is 6.14. The molecule has 106 valence electrons. The molecule has 1 aromatic carbocycles. The van der Waals surface area contributed by atoms with Crippen LogP contribution < -0.4 is 10.1 Å². The van der Waals surface area contributed by atoms with Gasteiger partial charge in [-0.15, -0.1) is 0 Å². The standard InChI is InChI=1S/C13H18BrNO3S/c1-13(5-6-19(16,17)9-13)15-8-10-7-11(18-2)3-4-12(10)14/h3-4,7,15H,5-6,8-9H2,1-2H3. The maximum absolute atomic E-state index is 11.6. The zero-order chi connectivity index (χ0) is 14.1. The molecule has 2 rings (SSSR count). The number of nitrogens with one attached hydrogen (secondary N) is 1. The van der Waals surface area contributed by atoms with Gasteiger partial charge in [-0.1, -0.05) is 15.9 Å². The normalized spacial score (nSPS) is 25.4. The Balaban J connectivity index is 2.07. The highest BCUT2D eigenvalue weighted by Gasteiger charge is 2.37. The van der Waals surface area contributed by atoms with E-state index in [2.05, 4.69) is 21.2 Å². The van der Waals surface area contributed by atoms with Crippen LogP contribution in [-0.4, -0.2) is 32.6 Å². The summed E-state index contributed by atoms with van der Waals surface area (Å²) >= 11 is 3.50. The number of benzene rings is 1. The second-order valence-electron chi connectivity index (χ2n) is 5.21. The number of rotatable bonds is 4. The SMILES string of the molecule is COc1ccc(Br)c(CNC2(C)CCS(=O)(=O)C2)c1. The number of sulfone groups is 1. The van der Waals surface area contributed by atoms with Crippen LogP contribution in [0.1, 0.15) is 18.9 Å². The van der Waals surface area contributed by atoms with Gasteiger partial charge in [0.1, 0.15) is 5.75 Å². The molecule has 6 heteroatoms. The van der Waals surface area contributed by atoms with Crippen molar-refractivity contribution in [2.45, 2.75) is 25.4 Å². The fraction of sp³-hybridized carbons (Fsp3) is 0.538. The van der Waals surface area contributed by atoms with Crippen LogP contribution in [-0.2, 0) is 16.4 Å². The number of ether oxygens (including phenoxy) is 1. The van der Waals surface area contributed by atoms with E-state index in [-0.39, 0.29) is 17.0 Å². The first-order valence-electron chi connectivity index (χ1n) is 6.11. The molecule has 0 aliphatic carbocycles. The fourth-order valence-corrected chi connectivity index (χ4v) is 4.78. The highest BCUT2D eigenvalue weighted by molar-refractivity contribution is 9.10. The Morgan fingerprint density at radius 2 is 2.21 bits per heavy atom. The smallest absolute Gasteiger partial charge is 0.152 e. The van der Waals surface area contributed by atoms with Gasteiger partial charge < -0.3 is 10.1 Å². The van der Waals surface area contributed by atoms with Gasteiger partial charge in [0.25, 0.3) is 0 Å². The van der Waals surface area contributed by atoms with Crippen LogP contribution in [0.5, 0.6) is 5.75 Å². The van der Waals surface area contributed by atoms with Gasteiger partial charge in [-0.05, 0) is 37.1 Å². The molecule has 0 aromatic heterocycles. The van der Waals surface area contributed by atoms with Crippen LogP contribution in [0.4, 0.5) is 0 Å². The molecule has 0 saturated carbocycles. The van der Waals surface area contributed by atoms with Crippen LogP contribution in [0.15, 0.2) is 22.7 Å². The van der Waals surface area contributed by atoms with Gasteiger partial charge in [0.05, 0.1) is 18.6 Å². The van der Waals surface area contributed by atoms with Crippen molar-refractivity contribution in [3.8, 4) is 5.75 Å². The zero-order valence-corrected chi connectivity index (χ0v) is 13.5. The molecule has 1 N–H and O–H groups in total. The molecular formula is C13H18BrNO3S. The molecule has 1 aromatic rings. The summed E-state index contributed by atoms with van der Waals surface area (Å²) in [6.45, 7) is 2.58. The van der Waals surface area contributed by atoms with E-state index in [1.54, 1.807) is 7.11 Å². The minimum atomic E-state index is -2.88. The van der Waals surface area contributed by atoms with Crippen molar-refractivity contribution in [2.24, 2.45) is 0 Å². The predicted octanol–water partition coefficient (Wildman–Crippen LogP) is 2.12. The third-order valence-electron chi connectivity index (χ3n) is 3.46. The minimum Gasteiger partial charge on any atom is -0.497 e. The van der Waals surface area contributed by atoms with Gasteiger partial charge in [-0.3, -0.25) is 0 Å². The maximum Gasteiger partial charge on any atom is 0.152 e. The number of methoxy groups -OCH3 is 1. The van der Waals surface area contributed by atoms with Crippen LogP contribution in [0.25, 0.3) is 0 Å². The highest BCUT2D eigenvalue weighted by Crippen LogP contribution is 2.26. The van der Waals surface area contributed by atoms with E-state index in [4.69, 9.17) is 4.74 Å². The zero-order valence-electron chi connectivity index (χ0n) is 11.1. The Bertz CT molecular complexity index is 573. The Kier molecular flexibility index (Phi) is 4.23. The van der Waals surface area contributed by atoms with E-state index in [1.807, 2.05) is 25.1 Å². The van der Waals surface area contributed by atoms with Crippen molar-refractivity contribution in [2.75, 3.05) is 18.6 Å². The van der Waals surface area contributed by atoms with Crippen molar-refractivity contribution < 1.29 is 13.2 Å². The van der Waals surface area contributed by atoms with E-state index in [1.165, 1.54) is 0 Å². The van der Waals surface area contributed by atoms with Gasteiger partial charge in [0, 0.05) is 16.6 Å². The predicted molar refractivity (Wildman–Crippen MR) is 79.2 cm³/mol. The van der Waals surface area contributed by atoms with E-state index >= 15 is 0 Å². The molecule has 0 radical (unpaired) electrons. The second-order valence-corrected chi connectivity index (χ2v) is 8.25. The Hall–Kier alpha value is -0.590. The van der Waals surface area contributed by atoms with Crippen LogP contribution in [0.3, 0.4) is 0 Å². The number of hydrogen-bond donors (Lipinski definition) is 1. The van der Waals surface area contributed by atoms with E-state index in [9.17, 15) is 8.42 Å². The summed E-state index contributed by atoms with van der Waals surface area (Å²) in [6.07, 6.45) is 0.664. The van der Waals surface area contributed by atoms with E-state index in [0.717, 1.165) is 15.8 Å². The summed E-state index contributed by atoms with van der Waals surface area (Å²) < 4.78 is 29.3. The molecule has 0 spiro atoms. The molecule has 1 aliphatic heterocycles. The number of hydrogen-bond acceptors (Lipinski definition) is 4. The van der Waals surface area contributed by atoms with Gasteiger partial charge in [0.2, 0.25) is 0 Å². The molecular weight excluding hydrogens is 330 g/mol. The molecule has 1 saturated heterocycles. The average Bonchev–Trinajstić information content (AvgIpc) is 2.63. The van der Waals surface area contributed by atoms with Gasteiger partial charge in [-0.25, -0.2) is 8.42 Å². The molecule has 1 aliphatic rings. The fourth-order valence-electron chi connectivity index (χ4n) is 2.27. The lowest BCUT2D eigenvalue weighted by Crippen LogP contribution is -2.42. The van der Waals surface area contributed by atoms with Crippen LogP contribution in [0, 0.1) is 0 Å². The highest BCUT2D eigenvalue weighted by atomic mass is 79.9. The molecule has 0 amide bonds. The molecule has 4 nitrogen and oxygen atoms in total. The summed E-state index contributed by atoms with van der Waals surface area (Å²) in [5.41, 5.74) is 0.728. The Labute approximate surface area is 122 Å². The van der Waals surface area contributed by atoms with Crippen LogP contribution >= 0.6 is 15.9 Å². The van der Waals surface area contributed by atoms with Crippen LogP contribution in [0.2, 0.25) is 0 Å².